The maximum atomic E-state index is 12.0. The first-order valence-corrected chi connectivity index (χ1v) is 8.84. The molecule has 0 aliphatic rings. The second kappa shape index (κ2) is 5.56. The standard InChI is InChI=1S/C11H14N4O4S2/c1-8-13-7-11(15-8)21(18,19)14-6-9-3-2-4-10(5-9)20(12,16)17/h2-5,7,14H,6H2,1H3,(H,13,15)(H2,12,16,17). The molecule has 1 aromatic heterocycles. The molecule has 0 saturated carbocycles. The fraction of sp³-hybridized carbons (Fsp3) is 0.182. The second-order valence-corrected chi connectivity index (χ2v) is 7.65. The summed E-state index contributed by atoms with van der Waals surface area (Å²) in [5.41, 5.74) is 0.473. The van der Waals surface area contributed by atoms with E-state index < -0.39 is 20.0 Å². The molecule has 0 fully saturated rings. The number of nitrogens with zero attached hydrogens (tertiary/aromatic N) is 1. The lowest BCUT2D eigenvalue weighted by Crippen LogP contribution is -2.23. The lowest BCUT2D eigenvalue weighted by atomic mass is 10.2. The van der Waals surface area contributed by atoms with Gasteiger partial charge in [-0.2, -0.15) is 0 Å². The fourth-order valence-electron chi connectivity index (χ4n) is 1.62. The number of aromatic amines is 1. The topological polar surface area (TPSA) is 135 Å². The van der Waals surface area contributed by atoms with Crippen molar-refractivity contribution in [3.05, 3.63) is 41.9 Å². The minimum Gasteiger partial charge on any atom is -0.332 e. The van der Waals surface area contributed by atoms with Gasteiger partial charge >= 0.3 is 0 Å². The first kappa shape index (κ1) is 15.6. The predicted molar refractivity (Wildman–Crippen MR) is 75.2 cm³/mol. The molecular weight excluding hydrogens is 316 g/mol. The first-order valence-electron chi connectivity index (χ1n) is 5.81. The molecule has 0 aliphatic heterocycles. The van der Waals surface area contributed by atoms with Gasteiger partial charge in [0.05, 0.1) is 11.1 Å². The van der Waals surface area contributed by atoms with Crippen molar-refractivity contribution in [2.24, 2.45) is 5.14 Å². The molecule has 0 unspecified atom stereocenters. The zero-order valence-corrected chi connectivity index (χ0v) is 12.7. The van der Waals surface area contributed by atoms with Crippen molar-refractivity contribution >= 4 is 20.0 Å². The van der Waals surface area contributed by atoms with Crippen LogP contribution in [0.3, 0.4) is 0 Å². The molecule has 10 heteroatoms. The van der Waals surface area contributed by atoms with Gasteiger partial charge in [-0.15, -0.1) is 0 Å². The van der Waals surface area contributed by atoms with E-state index in [0.29, 0.717) is 11.4 Å². The van der Waals surface area contributed by atoms with Crippen LogP contribution in [0.15, 0.2) is 40.4 Å². The van der Waals surface area contributed by atoms with E-state index in [2.05, 4.69) is 14.7 Å². The van der Waals surface area contributed by atoms with Crippen molar-refractivity contribution in [1.82, 2.24) is 14.7 Å². The van der Waals surface area contributed by atoms with Crippen LogP contribution in [0, 0.1) is 6.92 Å². The van der Waals surface area contributed by atoms with Crippen molar-refractivity contribution in [3.63, 3.8) is 0 Å². The van der Waals surface area contributed by atoms with Gasteiger partial charge in [-0.1, -0.05) is 12.1 Å². The smallest absolute Gasteiger partial charge is 0.257 e. The van der Waals surface area contributed by atoms with Crippen molar-refractivity contribution < 1.29 is 16.8 Å². The SMILES string of the molecule is Cc1ncc(S(=O)(=O)NCc2cccc(S(N)(=O)=O)c2)[nH]1. The van der Waals surface area contributed by atoms with E-state index >= 15 is 0 Å². The van der Waals surface area contributed by atoms with E-state index in [1.165, 1.54) is 24.4 Å². The number of benzene rings is 1. The third kappa shape index (κ3) is 3.88. The Hall–Kier alpha value is -1.75. The molecular formula is C11H14N4O4S2. The number of H-pyrrole nitrogens is 1. The molecule has 8 nitrogen and oxygen atoms in total. The summed E-state index contributed by atoms with van der Waals surface area (Å²) < 4.78 is 48.8. The van der Waals surface area contributed by atoms with Crippen LogP contribution >= 0.6 is 0 Å². The lowest BCUT2D eigenvalue weighted by Gasteiger charge is -2.06. The van der Waals surface area contributed by atoms with Crippen LogP contribution in [0.1, 0.15) is 11.4 Å². The van der Waals surface area contributed by atoms with E-state index in [1.54, 1.807) is 13.0 Å². The predicted octanol–water partition coefficient (Wildman–Crippen LogP) is -0.156. The van der Waals surface area contributed by atoms with Crippen molar-refractivity contribution in [2.45, 2.75) is 23.4 Å². The Morgan fingerprint density at radius 3 is 2.57 bits per heavy atom. The largest absolute Gasteiger partial charge is 0.332 e. The van der Waals surface area contributed by atoms with Gasteiger partial charge in [0.2, 0.25) is 10.0 Å². The molecule has 1 aromatic carbocycles. The van der Waals surface area contributed by atoms with Gasteiger partial charge in [-0.3, -0.25) is 0 Å². The first-order chi connectivity index (χ1) is 9.68. The summed E-state index contributed by atoms with van der Waals surface area (Å²) in [5.74, 6) is 0.478. The maximum absolute atomic E-state index is 12.0. The summed E-state index contributed by atoms with van der Waals surface area (Å²) >= 11 is 0. The third-order valence-corrected chi connectivity index (χ3v) is 4.88. The Kier molecular flexibility index (Phi) is 4.14. The molecule has 0 atom stereocenters. The van der Waals surface area contributed by atoms with Gasteiger partial charge in [0.1, 0.15) is 5.82 Å². The second-order valence-electron chi connectivity index (χ2n) is 4.35. The number of sulfonamides is 2. The molecule has 2 rings (SSSR count). The highest BCUT2D eigenvalue weighted by Gasteiger charge is 2.16. The molecule has 4 N–H and O–H groups in total. The number of primary sulfonamides is 1. The lowest BCUT2D eigenvalue weighted by molar-refractivity contribution is 0.578. The van der Waals surface area contributed by atoms with E-state index in [1.807, 2.05) is 0 Å². The number of hydrogen-bond acceptors (Lipinski definition) is 5. The number of rotatable bonds is 5. The minimum absolute atomic E-state index is 0.0531. The Labute approximate surface area is 122 Å². The molecule has 0 saturated heterocycles. The van der Waals surface area contributed by atoms with Crippen LogP contribution in [0.25, 0.3) is 0 Å². The van der Waals surface area contributed by atoms with Crippen LogP contribution < -0.4 is 9.86 Å². The Balaban J connectivity index is 2.17. The molecule has 21 heavy (non-hydrogen) atoms. The van der Waals surface area contributed by atoms with Crippen LogP contribution in [0.5, 0.6) is 0 Å². The van der Waals surface area contributed by atoms with Crippen LogP contribution in [-0.2, 0) is 26.6 Å². The quantitative estimate of drug-likeness (QED) is 0.700. The molecule has 0 bridgehead atoms. The highest BCUT2D eigenvalue weighted by Crippen LogP contribution is 2.11. The van der Waals surface area contributed by atoms with Gasteiger partial charge in [0.15, 0.2) is 5.03 Å². The molecule has 1 heterocycles. The third-order valence-electron chi connectivity index (χ3n) is 2.66. The maximum Gasteiger partial charge on any atom is 0.257 e. The van der Waals surface area contributed by atoms with Crippen molar-refractivity contribution in [2.75, 3.05) is 0 Å². The highest BCUT2D eigenvalue weighted by molar-refractivity contribution is 7.89. The number of nitrogens with two attached hydrogens (primary N) is 1. The highest BCUT2D eigenvalue weighted by atomic mass is 32.2. The Bertz CT molecular complexity index is 856. The summed E-state index contributed by atoms with van der Waals surface area (Å²) in [6.07, 6.45) is 1.21. The average Bonchev–Trinajstić information content (AvgIpc) is 2.83. The van der Waals surface area contributed by atoms with E-state index in [4.69, 9.17) is 5.14 Å². The zero-order valence-electron chi connectivity index (χ0n) is 11.1. The molecule has 114 valence electrons. The summed E-state index contributed by atoms with van der Waals surface area (Å²) in [5, 5.41) is 4.97. The van der Waals surface area contributed by atoms with Gasteiger partial charge in [-0.25, -0.2) is 31.7 Å². The minimum atomic E-state index is -3.82. The van der Waals surface area contributed by atoms with Crippen LogP contribution in [0.2, 0.25) is 0 Å². The van der Waals surface area contributed by atoms with Crippen molar-refractivity contribution in [1.29, 1.82) is 0 Å². The Morgan fingerprint density at radius 2 is 2.00 bits per heavy atom. The number of aromatic nitrogens is 2. The van der Waals surface area contributed by atoms with Gasteiger partial charge in [0.25, 0.3) is 10.0 Å². The summed E-state index contributed by atoms with van der Waals surface area (Å²) in [7, 11) is -7.56. The monoisotopic (exact) mass is 330 g/mol. The normalized spacial score (nSPS) is 12.5. The number of hydrogen-bond donors (Lipinski definition) is 3. The van der Waals surface area contributed by atoms with E-state index in [9.17, 15) is 16.8 Å². The summed E-state index contributed by atoms with van der Waals surface area (Å²) in [4.78, 5) is 6.35. The van der Waals surface area contributed by atoms with E-state index in [0.717, 1.165) is 0 Å². The molecule has 0 radical (unpaired) electrons. The molecule has 2 aromatic rings. The summed E-state index contributed by atoms with van der Waals surface area (Å²) in [6, 6.07) is 5.74. The molecule has 0 amide bonds. The fourth-order valence-corrected chi connectivity index (χ4v) is 3.19. The molecule has 0 spiro atoms. The zero-order chi connectivity index (χ0) is 15.7. The molecule has 0 aliphatic carbocycles. The van der Waals surface area contributed by atoms with Gasteiger partial charge in [0, 0.05) is 6.54 Å². The number of nitrogens with one attached hydrogen (secondary N) is 2. The van der Waals surface area contributed by atoms with Gasteiger partial charge in [-0.05, 0) is 24.6 Å². The summed E-state index contributed by atoms with van der Waals surface area (Å²) in [6.45, 7) is 1.57. The van der Waals surface area contributed by atoms with Crippen molar-refractivity contribution in [3.8, 4) is 0 Å². The average molecular weight is 330 g/mol. The number of imidazole rings is 1. The number of aryl methyl sites for hydroxylation is 1. The van der Waals surface area contributed by atoms with Crippen LogP contribution in [0.4, 0.5) is 0 Å². The van der Waals surface area contributed by atoms with E-state index in [-0.39, 0.29) is 16.5 Å². The van der Waals surface area contributed by atoms with Gasteiger partial charge < -0.3 is 4.98 Å². The van der Waals surface area contributed by atoms with Crippen LogP contribution in [-0.4, -0.2) is 26.8 Å². The Morgan fingerprint density at radius 1 is 1.29 bits per heavy atom.